The van der Waals surface area contributed by atoms with Gasteiger partial charge in [0.05, 0.1) is 23.3 Å². The normalized spacial score (nSPS) is 13.0. The first-order chi connectivity index (χ1) is 16.0. The maximum atomic E-state index is 15.2. The molecule has 0 radical (unpaired) electrons. The zero-order valence-corrected chi connectivity index (χ0v) is 18.4. The predicted octanol–water partition coefficient (Wildman–Crippen LogP) is 5.01. The first kappa shape index (κ1) is 20.6. The number of nitrogens with zero attached hydrogens (tertiary/aromatic N) is 4. The lowest BCUT2D eigenvalue weighted by molar-refractivity contribution is 0.629. The highest BCUT2D eigenvalue weighted by Gasteiger charge is 2.26. The van der Waals surface area contributed by atoms with Crippen LogP contribution in [0.3, 0.4) is 0 Å². The van der Waals surface area contributed by atoms with E-state index >= 15 is 4.39 Å². The number of hydrogen-bond donors (Lipinski definition) is 2. The third kappa shape index (κ3) is 4.01. The molecule has 0 aliphatic carbocycles. The Kier molecular flexibility index (Phi) is 5.22. The lowest BCUT2D eigenvalue weighted by atomic mass is 10.0. The number of aryl methyl sites for hydroxylation is 2. The molecule has 0 amide bonds. The summed E-state index contributed by atoms with van der Waals surface area (Å²) in [6, 6.07) is 14.9. The Balaban J connectivity index is 1.56. The minimum atomic E-state index is -0.276. The van der Waals surface area contributed by atoms with Gasteiger partial charge in [0, 0.05) is 47.7 Å². The number of benzene rings is 1. The summed E-state index contributed by atoms with van der Waals surface area (Å²) in [6.45, 7) is 4.27. The summed E-state index contributed by atoms with van der Waals surface area (Å²) >= 11 is 0. The van der Waals surface area contributed by atoms with Crippen molar-refractivity contribution in [3.8, 4) is 11.1 Å². The molecule has 0 unspecified atom stereocenters. The van der Waals surface area contributed by atoms with Crippen molar-refractivity contribution in [1.82, 2.24) is 15.0 Å². The van der Waals surface area contributed by atoms with E-state index in [2.05, 4.69) is 25.2 Å². The van der Waals surface area contributed by atoms with E-state index in [0.717, 1.165) is 45.2 Å². The second kappa shape index (κ2) is 8.35. The average Bonchev–Trinajstić information content (AvgIpc) is 2.79. The third-order valence-corrected chi connectivity index (χ3v) is 5.64. The number of halogens is 1. The molecule has 4 aromatic rings. The van der Waals surface area contributed by atoms with E-state index < -0.39 is 0 Å². The van der Waals surface area contributed by atoms with Crippen LogP contribution in [0.15, 0.2) is 79.1 Å². The van der Waals surface area contributed by atoms with Crippen molar-refractivity contribution in [3.63, 3.8) is 0 Å². The minimum absolute atomic E-state index is 0.276. The summed E-state index contributed by atoms with van der Waals surface area (Å²) in [5.74, 6) is 0.229. The molecule has 1 aromatic carbocycles. The van der Waals surface area contributed by atoms with Gasteiger partial charge in [-0.2, -0.15) is 0 Å². The van der Waals surface area contributed by atoms with Gasteiger partial charge >= 0.3 is 0 Å². The fourth-order valence-corrected chi connectivity index (χ4v) is 4.14. The molecule has 1 aliphatic rings. The van der Waals surface area contributed by atoms with Crippen LogP contribution in [-0.4, -0.2) is 15.0 Å². The number of anilines is 2. The van der Waals surface area contributed by atoms with Crippen molar-refractivity contribution in [3.05, 3.63) is 107 Å². The van der Waals surface area contributed by atoms with Gasteiger partial charge in [-0.3, -0.25) is 15.0 Å². The number of fused-ring (bicyclic) bond motifs is 1. The smallest absolute Gasteiger partial charge is 0.131 e. The first-order valence-electron chi connectivity index (χ1n) is 10.6. The molecule has 3 aromatic heterocycles. The van der Waals surface area contributed by atoms with Crippen molar-refractivity contribution < 1.29 is 4.39 Å². The van der Waals surface area contributed by atoms with Gasteiger partial charge in [-0.15, -0.1) is 0 Å². The number of pyridine rings is 3. The largest absolute Gasteiger partial charge is 0.383 e. The maximum absolute atomic E-state index is 15.2. The van der Waals surface area contributed by atoms with Crippen LogP contribution in [0.25, 0.3) is 16.8 Å². The molecule has 164 valence electrons. The Morgan fingerprint density at radius 2 is 1.64 bits per heavy atom. The van der Waals surface area contributed by atoms with E-state index in [-0.39, 0.29) is 5.82 Å². The van der Waals surface area contributed by atoms with Gasteiger partial charge in [0.1, 0.15) is 11.6 Å². The number of nitrogens with two attached hydrogens (primary N) is 1. The highest BCUT2D eigenvalue weighted by atomic mass is 19.1. The Morgan fingerprint density at radius 1 is 0.909 bits per heavy atom. The van der Waals surface area contributed by atoms with E-state index in [1.54, 1.807) is 30.9 Å². The molecule has 0 spiro atoms. The van der Waals surface area contributed by atoms with E-state index in [1.165, 1.54) is 0 Å². The van der Waals surface area contributed by atoms with Gasteiger partial charge in [-0.25, -0.2) is 4.39 Å². The molecule has 33 heavy (non-hydrogen) atoms. The summed E-state index contributed by atoms with van der Waals surface area (Å²) in [5, 5.41) is 3.24. The summed E-state index contributed by atoms with van der Waals surface area (Å²) in [5.41, 5.74) is 13.8. The van der Waals surface area contributed by atoms with Crippen LogP contribution in [0, 0.1) is 19.7 Å². The summed E-state index contributed by atoms with van der Waals surface area (Å²) in [4.78, 5) is 14.8. The van der Waals surface area contributed by atoms with Gasteiger partial charge in [0.15, 0.2) is 0 Å². The fourth-order valence-electron chi connectivity index (χ4n) is 4.14. The van der Waals surface area contributed by atoms with Gasteiger partial charge in [-0.1, -0.05) is 12.1 Å². The second-order valence-electron chi connectivity index (χ2n) is 8.05. The highest BCUT2D eigenvalue weighted by Crippen LogP contribution is 2.39. The van der Waals surface area contributed by atoms with E-state index in [9.17, 15) is 0 Å². The SMILES string of the molecule is Cc1cc(C2=C(N)Nc3cnccc3N2Cc2ccc(-c3ccnc(C)c3)c(F)c2)ccn1. The Labute approximate surface area is 191 Å². The first-order valence-corrected chi connectivity index (χ1v) is 10.6. The molecule has 1 aliphatic heterocycles. The standard InChI is InChI=1S/C26H23FN6/c1-16-11-19(5-9-30-16)21-4-3-18(13-22(21)27)15-33-24-7-8-29-14-23(24)32-26(28)25(33)20-6-10-31-17(2)12-20/h3-14,32H,15,28H2,1-2H3. The van der Waals surface area contributed by atoms with Crippen molar-refractivity contribution in [2.75, 3.05) is 10.2 Å². The number of hydrogen-bond acceptors (Lipinski definition) is 6. The van der Waals surface area contributed by atoms with Gasteiger partial charge in [0.2, 0.25) is 0 Å². The minimum Gasteiger partial charge on any atom is -0.383 e. The maximum Gasteiger partial charge on any atom is 0.131 e. The lowest BCUT2D eigenvalue weighted by Crippen LogP contribution is -2.31. The van der Waals surface area contributed by atoms with Crippen molar-refractivity contribution in [2.45, 2.75) is 20.4 Å². The predicted molar refractivity (Wildman–Crippen MR) is 128 cm³/mol. The average molecular weight is 439 g/mol. The zero-order valence-electron chi connectivity index (χ0n) is 18.4. The number of aromatic nitrogens is 3. The molecule has 0 saturated heterocycles. The van der Waals surface area contributed by atoms with Crippen molar-refractivity contribution in [1.29, 1.82) is 0 Å². The molecule has 0 saturated carbocycles. The van der Waals surface area contributed by atoms with Crippen molar-refractivity contribution in [2.24, 2.45) is 5.73 Å². The zero-order chi connectivity index (χ0) is 22.9. The molecule has 7 heteroatoms. The van der Waals surface area contributed by atoms with Crippen molar-refractivity contribution >= 4 is 17.1 Å². The monoisotopic (exact) mass is 438 g/mol. The Hall–Kier alpha value is -4.26. The van der Waals surface area contributed by atoms with E-state index in [1.807, 2.05) is 56.3 Å². The molecule has 3 N–H and O–H groups in total. The topological polar surface area (TPSA) is 80.0 Å². The van der Waals surface area contributed by atoms with Crippen LogP contribution >= 0.6 is 0 Å². The second-order valence-corrected chi connectivity index (χ2v) is 8.05. The van der Waals surface area contributed by atoms with Crippen LogP contribution in [0.2, 0.25) is 0 Å². The fraction of sp³-hybridized carbons (Fsp3) is 0.115. The molecule has 6 nitrogen and oxygen atoms in total. The molecule has 5 rings (SSSR count). The lowest BCUT2D eigenvalue weighted by Gasteiger charge is -2.35. The summed E-state index contributed by atoms with van der Waals surface area (Å²) in [7, 11) is 0. The van der Waals surface area contributed by atoms with Gasteiger partial charge in [0.25, 0.3) is 0 Å². The summed E-state index contributed by atoms with van der Waals surface area (Å²) < 4.78 is 15.2. The Bertz CT molecular complexity index is 1380. The van der Waals surface area contributed by atoms with E-state index in [0.29, 0.717) is 17.9 Å². The molecule has 0 atom stereocenters. The Morgan fingerprint density at radius 3 is 2.36 bits per heavy atom. The van der Waals surface area contributed by atoms with Crippen LogP contribution in [-0.2, 0) is 6.54 Å². The van der Waals surface area contributed by atoms with Crippen LogP contribution in [0.1, 0.15) is 22.5 Å². The van der Waals surface area contributed by atoms with Crippen LogP contribution < -0.4 is 16.0 Å². The summed E-state index contributed by atoms with van der Waals surface area (Å²) in [6.07, 6.45) is 6.93. The van der Waals surface area contributed by atoms with Gasteiger partial charge in [-0.05, 0) is 61.4 Å². The molecular weight excluding hydrogens is 415 g/mol. The molecular formula is C26H23FN6. The number of nitrogens with one attached hydrogen (secondary N) is 1. The quantitative estimate of drug-likeness (QED) is 0.466. The molecule has 0 bridgehead atoms. The highest BCUT2D eigenvalue weighted by molar-refractivity contribution is 5.91. The molecule has 4 heterocycles. The van der Waals surface area contributed by atoms with Crippen LogP contribution in [0.5, 0.6) is 0 Å². The van der Waals surface area contributed by atoms with E-state index in [4.69, 9.17) is 5.73 Å². The molecule has 0 fully saturated rings. The van der Waals surface area contributed by atoms with Crippen LogP contribution in [0.4, 0.5) is 15.8 Å². The number of rotatable bonds is 4. The third-order valence-electron chi connectivity index (χ3n) is 5.64. The van der Waals surface area contributed by atoms with Gasteiger partial charge < -0.3 is 16.0 Å².